The lowest BCUT2D eigenvalue weighted by atomic mass is 10.0. The highest BCUT2D eigenvalue weighted by Gasteiger charge is 2.21. The smallest absolute Gasteiger partial charge is 0.275 e. The summed E-state index contributed by atoms with van der Waals surface area (Å²) in [4.78, 5) is 14.6. The zero-order valence-corrected chi connectivity index (χ0v) is 14.1. The monoisotopic (exact) mass is 328 g/mol. The van der Waals surface area contributed by atoms with Crippen molar-refractivity contribution in [3.8, 4) is 0 Å². The molecular weight excluding hydrogens is 304 g/mol. The fraction of sp³-hybridized carbons (Fsp3) is 0.500. The fourth-order valence-electron chi connectivity index (χ4n) is 3.23. The van der Waals surface area contributed by atoms with E-state index < -0.39 is 0 Å². The molecule has 6 heteroatoms. The summed E-state index contributed by atoms with van der Waals surface area (Å²) in [5.74, 6) is 0.257. The van der Waals surface area contributed by atoms with E-state index in [1.165, 1.54) is 18.4 Å². The number of rotatable bonds is 5. The van der Waals surface area contributed by atoms with Crippen molar-refractivity contribution in [1.82, 2.24) is 20.5 Å². The van der Waals surface area contributed by atoms with E-state index in [0.29, 0.717) is 18.2 Å². The van der Waals surface area contributed by atoms with Crippen LogP contribution >= 0.6 is 0 Å². The van der Waals surface area contributed by atoms with Crippen LogP contribution in [-0.2, 0) is 6.54 Å². The van der Waals surface area contributed by atoms with Crippen LogP contribution in [0.4, 0.5) is 0 Å². The van der Waals surface area contributed by atoms with Crippen molar-refractivity contribution in [2.45, 2.75) is 32.7 Å². The molecule has 1 fully saturated rings. The number of likely N-dealkylation sites (tertiary alicyclic amines) is 1. The maximum atomic E-state index is 12.1. The Hall–Kier alpha value is -2.21. The molecule has 1 atom stereocenters. The number of benzene rings is 1. The molecule has 1 aromatic carbocycles. The van der Waals surface area contributed by atoms with Crippen LogP contribution in [0.2, 0.25) is 0 Å². The molecule has 2 aromatic rings. The Morgan fingerprint density at radius 3 is 2.88 bits per heavy atom. The van der Waals surface area contributed by atoms with E-state index in [4.69, 9.17) is 0 Å². The SMILES string of the molecule is Cc1nonc1C(=O)NCC1CCCCN(Cc2ccccc2)C1. The number of carbonyl (C=O) groups is 1. The molecule has 24 heavy (non-hydrogen) atoms. The summed E-state index contributed by atoms with van der Waals surface area (Å²) in [5.41, 5.74) is 2.15. The van der Waals surface area contributed by atoms with Gasteiger partial charge in [-0.15, -0.1) is 0 Å². The number of hydrogen-bond donors (Lipinski definition) is 1. The van der Waals surface area contributed by atoms with Crippen molar-refractivity contribution < 1.29 is 9.42 Å². The maximum absolute atomic E-state index is 12.1. The van der Waals surface area contributed by atoms with Crippen LogP contribution in [0.5, 0.6) is 0 Å². The molecule has 0 bridgehead atoms. The summed E-state index contributed by atoms with van der Waals surface area (Å²) in [6, 6.07) is 10.5. The predicted molar refractivity (Wildman–Crippen MR) is 90.4 cm³/mol. The van der Waals surface area contributed by atoms with Gasteiger partial charge in [0.05, 0.1) is 0 Å². The molecule has 1 aromatic heterocycles. The van der Waals surface area contributed by atoms with Crippen LogP contribution < -0.4 is 5.32 Å². The van der Waals surface area contributed by atoms with Gasteiger partial charge in [0.1, 0.15) is 5.69 Å². The molecule has 6 nitrogen and oxygen atoms in total. The minimum Gasteiger partial charge on any atom is -0.350 e. The van der Waals surface area contributed by atoms with Crippen molar-refractivity contribution >= 4 is 5.91 Å². The summed E-state index contributed by atoms with van der Waals surface area (Å²) in [5, 5.41) is 10.3. The third kappa shape index (κ3) is 4.41. The van der Waals surface area contributed by atoms with Gasteiger partial charge in [-0.1, -0.05) is 41.9 Å². The van der Waals surface area contributed by atoms with E-state index in [1.807, 2.05) is 6.07 Å². The van der Waals surface area contributed by atoms with Crippen molar-refractivity contribution in [2.75, 3.05) is 19.6 Å². The number of carbonyl (C=O) groups excluding carboxylic acids is 1. The lowest BCUT2D eigenvalue weighted by Crippen LogP contribution is -2.35. The molecule has 0 spiro atoms. The molecule has 0 aliphatic carbocycles. The van der Waals surface area contributed by atoms with Crippen LogP contribution in [0.25, 0.3) is 0 Å². The van der Waals surface area contributed by atoms with E-state index in [0.717, 1.165) is 26.1 Å². The zero-order valence-electron chi connectivity index (χ0n) is 14.1. The molecule has 1 amide bonds. The standard InChI is InChI=1S/C18H24N4O2/c1-14-17(21-24-20-14)18(23)19-11-16-9-5-6-10-22(13-16)12-15-7-3-2-4-8-15/h2-4,7-8,16H,5-6,9-13H2,1H3,(H,19,23). The number of hydrogen-bond acceptors (Lipinski definition) is 5. The molecular formula is C18H24N4O2. The van der Waals surface area contributed by atoms with Gasteiger partial charge < -0.3 is 5.32 Å². The average Bonchev–Trinajstić information content (AvgIpc) is 2.89. The highest BCUT2D eigenvalue weighted by Crippen LogP contribution is 2.18. The molecule has 0 saturated carbocycles. The lowest BCUT2D eigenvalue weighted by Gasteiger charge is -2.24. The van der Waals surface area contributed by atoms with Gasteiger partial charge in [0, 0.05) is 19.6 Å². The molecule has 1 aliphatic rings. The molecule has 1 saturated heterocycles. The highest BCUT2D eigenvalue weighted by molar-refractivity contribution is 5.92. The molecule has 1 N–H and O–H groups in total. The van der Waals surface area contributed by atoms with Crippen molar-refractivity contribution in [3.05, 3.63) is 47.3 Å². The van der Waals surface area contributed by atoms with Gasteiger partial charge in [-0.25, -0.2) is 4.63 Å². The Morgan fingerprint density at radius 1 is 1.29 bits per heavy atom. The van der Waals surface area contributed by atoms with Crippen LogP contribution in [0.15, 0.2) is 35.0 Å². The van der Waals surface area contributed by atoms with Gasteiger partial charge in [-0.2, -0.15) is 0 Å². The van der Waals surface area contributed by atoms with Gasteiger partial charge in [0.15, 0.2) is 5.69 Å². The van der Waals surface area contributed by atoms with Crippen molar-refractivity contribution in [2.24, 2.45) is 5.92 Å². The van der Waals surface area contributed by atoms with Crippen molar-refractivity contribution in [3.63, 3.8) is 0 Å². The summed E-state index contributed by atoms with van der Waals surface area (Å²) in [6.45, 7) is 5.48. The Labute approximate surface area is 142 Å². The Kier molecular flexibility index (Phi) is 5.59. The third-order valence-electron chi connectivity index (χ3n) is 4.52. The molecule has 3 rings (SSSR count). The molecule has 0 radical (unpaired) electrons. The Balaban J connectivity index is 1.53. The van der Waals surface area contributed by atoms with E-state index >= 15 is 0 Å². The lowest BCUT2D eigenvalue weighted by molar-refractivity contribution is 0.0932. The maximum Gasteiger partial charge on any atom is 0.275 e. The summed E-state index contributed by atoms with van der Waals surface area (Å²) >= 11 is 0. The van der Waals surface area contributed by atoms with Crippen LogP contribution in [0, 0.1) is 12.8 Å². The number of amides is 1. The van der Waals surface area contributed by atoms with Crippen LogP contribution in [0.1, 0.15) is 41.0 Å². The first-order valence-electron chi connectivity index (χ1n) is 8.56. The minimum absolute atomic E-state index is 0.201. The van der Waals surface area contributed by atoms with Gasteiger partial charge in [-0.05, 0) is 42.9 Å². The number of nitrogens with one attached hydrogen (secondary N) is 1. The first-order valence-corrected chi connectivity index (χ1v) is 8.56. The van der Waals surface area contributed by atoms with Gasteiger partial charge in [0.2, 0.25) is 0 Å². The number of aryl methyl sites for hydroxylation is 1. The van der Waals surface area contributed by atoms with Crippen LogP contribution in [0.3, 0.4) is 0 Å². The largest absolute Gasteiger partial charge is 0.350 e. The minimum atomic E-state index is -0.201. The third-order valence-corrected chi connectivity index (χ3v) is 4.52. The second-order valence-electron chi connectivity index (χ2n) is 6.49. The van der Waals surface area contributed by atoms with Gasteiger partial charge in [-0.3, -0.25) is 9.69 Å². The highest BCUT2D eigenvalue weighted by atomic mass is 16.6. The summed E-state index contributed by atoms with van der Waals surface area (Å²) in [7, 11) is 0. The van der Waals surface area contributed by atoms with Crippen LogP contribution in [-0.4, -0.2) is 40.8 Å². The second-order valence-corrected chi connectivity index (χ2v) is 6.49. The number of aromatic nitrogens is 2. The van der Waals surface area contributed by atoms with Gasteiger partial charge >= 0.3 is 0 Å². The zero-order chi connectivity index (χ0) is 16.8. The molecule has 1 unspecified atom stereocenters. The first kappa shape index (κ1) is 16.6. The predicted octanol–water partition coefficient (Wildman–Crippen LogP) is 2.41. The van der Waals surface area contributed by atoms with Crippen molar-refractivity contribution in [1.29, 1.82) is 0 Å². The summed E-state index contributed by atoms with van der Waals surface area (Å²) < 4.78 is 4.59. The normalized spacial score (nSPS) is 19.0. The summed E-state index contributed by atoms with van der Waals surface area (Å²) in [6.07, 6.45) is 3.56. The molecule has 2 heterocycles. The van der Waals surface area contributed by atoms with E-state index in [9.17, 15) is 4.79 Å². The van der Waals surface area contributed by atoms with E-state index in [-0.39, 0.29) is 11.6 Å². The Morgan fingerprint density at radius 2 is 2.12 bits per heavy atom. The van der Waals surface area contributed by atoms with E-state index in [1.54, 1.807) is 6.92 Å². The Bertz CT molecular complexity index is 656. The number of nitrogens with zero attached hydrogens (tertiary/aromatic N) is 3. The van der Waals surface area contributed by atoms with Gasteiger partial charge in [0.25, 0.3) is 5.91 Å². The average molecular weight is 328 g/mol. The topological polar surface area (TPSA) is 71.3 Å². The van der Waals surface area contributed by atoms with E-state index in [2.05, 4.69) is 49.4 Å². The second kappa shape index (κ2) is 8.06. The quantitative estimate of drug-likeness (QED) is 0.912. The first-order chi connectivity index (χ1) is 11.7. The molecule has 128 valence electrons. The fourth-order valence-corrected chi connectivity index (χ4v) is 3.23. The molecule has 1 aliphatic heterocycles.